The van der Waals surface area contributed by atoms with Gasteiger partial charge in [-0.25, -0.2) is 4.98 Å². The summed E-state index contributed by atoms with van der Waals surface area (Å²) in [6, 6.07) is 11.8. The SMILES string of the molecule is CCn1cc(-c2nc3ccccc3s2)c(=O)c2cc(N3CCOCC3)c(Cl)cc21. The highest BCUT2D eigenvalue weighted by atomic mass is 35.5. The molecule has 5 nitrogen and oxygen atoms in total. The molecule has 0 bridgehead atoms. The van der Waals surface area contributed by atoms with Gasteiger partial charge in [0.2, 0.25) is 0 Å². The highest BCUT2D eigenvalue weighted by Gasteiger charge is 2.19. The third-order valence-electron chi connectivity index (χ3n) is 5.37. The van der Waals surface area contributed by atoms with Crippen molar-refractivity contribution in [3.63, 3.8) is 0 Å². The second-order valence-electron chi connectivity index (χ2n) is 7.06. The molecule has 1 aliphatic rings. The average Bonchev–Trinajstić information content (AvgIpc) is 3.18. The minimum absolute atomic E-state index is 0.00469. The number of rotatable bonds is 3. The van der Waals surface area contributed by atoms with Crippen LogP contribution in [0.1, 0.15) is 6.92 Å². The fourth-order valence-electron chi connectivity index (χ4n) is 3.85. The minimum Gasteiger partial charge on any atom is -0.378 e. The molecule has 3 heterocycles. The van der Waals surface area contributed by atoms with Crippen LogP contribution in [0.25, 0.3) is 31.7 Å². The van der Waals surface area contributed by atoms with Crippen LogP contribution < -0.4 is 10.3 Å². The first-order valence-electron chi connectivity index (χ1n) is 9.71. The number of thiazole rings is 1. The topological polar surface area (TPSA) is 47.4 Å². The molecule has 0 spiro atoms. The lowest BCUT2D eigenvalue weighted by Gasteiger charge is -2.30. The molecule has 0 unspecified atom stereocenters. The van der Waals surface area contributed by atoms with Crippen LogP contribution in [0.5, 0.6) is 0 Å². The molecule has 1 fully saturated rings. The number of aryl methyl sites for hydroxylation is 1. The van der Waals surface area contributed by atoms with E-state index in [9.17, 15) is 4.79 Å². The van der Waals surface area contributed by atoms with E-state index in [2.05, 4.69) is 16.4 Å². The smallest absolute Gasteiger partial charge is 0.199 e. The number of ether oxygens (including phenoxy) is 1. The standard InChI is InChI=1S/C22H20ClN3O2S/c1-2-25-13-15(22-24-17-5-3-4-6-20(17)29-22)21(27)14-11-19(16(23)12-18(14)25)26-7-9-28-10-8-26/h3-6,11-13H,2,7-10H2,1H3. The molecular weight excluding hydrogens is 406 g/mol. The Morgan fingerprint density at radius 2 is 2.00 bits per heavy atom. The summed E-state index contributed by atoms with van der Waals surface area (Å²) >= 11 is 8.17. The van der Waals surface area contributed by atoms with E-state index in [1.165, 1.54) is 0 Å². The van der Waals surface area contributed by atoms with Crippen LogP contribution in [0.4, 0.5) is 5.69 Å². The number of hydrogen-bond donors (Lipinski definition) is 0. The number of aromatic nitrogens is 2. The van der Waals surface area contributed by atoms with E-state index in [0.717, 1.165) is 46.1 Å². The summed E-state index contributed by atoms with van der Waals surface area (Å²) in [5.41, 5.74) is 3.29. The molecule has 29 heavy (non-hydrogen) atoms. The largest absolute Gasteiger partial charge is 0.378 e. The highest BCUT2D eigenvalue weighted by molar-refractivity contribution is 7.21. The first-order chi connectivity index (χ1) is 14.2. The third kappa shape index (κ3) is 3.21. The maximum absolute atomic E-state index is 13.5. The zero-order valence-corrected chi connectivity index (χ0v) is 17.6. The molecule has 1 aliphatic heterocycles. The molecule has 0 amide bonds. The van der Waals surface area contributed by atoms with Gasteiger partial charge in [-0.1, -0.05) is 23.7 Å². The van der Waals surface area contributed by atoms with E-state index >= 15 is 0 Å². The average molecular weight is 426 g/mol. The third-order valence-corrected chi connectivity index (χ3v) is 6.74. The van der Waals surface area contributed by atoms with Gasteiger partial charge in [-0.15, -0.1) is 11.3 Å². The lowest BCUT2D eigenvalue weighted by atomic mass is 10.1. The van der Waals surface area contributed by atoms with Crippen LogP contribution in [-0.2, 0) is 11.3 Å². The molecule has 0 aliphatic carbocycles. The number of hydrogen-bond acceptors (Lipinski definition) is 5. The predicted molar refractivity (Wildman–Crippen MR) is 121 cm³/mol. The zero-order valence-electron chi connectivity index (χ0n) is 16.0. The lowest BCUT2D eigenvalue weighted by Crippen LogP contribution is -2.36. The van der Waals surface area contributed by atoms with Crippen LogP contribution in [0.3, 0.4) is 0 Å². The van der Waals surface area contributed by atoms with Crippen LogP contribution in [0.2, 0.25) is 5.02 Å². The van der Waals surface area contributed by atoms with E-state index < -0.39 is 0 Å². The van der Waals surface area contributed by atoms with Gasteiger partial charge in [-0.3, -0.25) is 4.79 Å². The van der Waals surface area contributed by atoms with E-state index in [-0.39, 0.29) is 5.43 Å². The first kappa shape index (κ1) is 18.6. The molecule has 0 atom stereocenters. The minimum atomic E-state index is -0.00469. The van der Waals surface area contributed by atoms with Gasteiger partial charge in [-0.05, 0) is 31.2 Å². The number of halogens is 1. The quantitative estimate of drug-likeness (QED) is 0.473. The summed E-state index contributed by atoms with van der Waals surface area (Å²) in [6.45, 7) is 5.67. The van der Waals surface area contributed by atoms with Crippen molar-refractivity contribution < 1.29 is 4.74 Å². The second kappa shape index (κ2) is 7.44. The second-order valence-corrected chi connectivity index (χ2v) is 8.50. The van der Waals surface area contributed by atoms with Gasteiger partial charge in [-0.2, -0.15) is 0 Å². The monoisotopic (exact) mass is 425 g/mol. The summed E-state index contributed by atoms with van der Waals surface area (Å²) in [5, 5.41) is 2.09. The lowest BCUT2D eigenvalue weighted by molar-refractivity contribution is 0.122. The number of nitrogens with zero attached hydrogens (tertiary/aromatic N) is 3. The summed E-state index contributed by atoms with van der Waals surface area (Å²) in [4.78, 5) is 20.4. The molecule has 0 N–H and O–H groups in total. The Labute approximate surface area is 177 Å². The molecule has 2 aromatic heterocycles. The van der Waals surface area contributed by atoms with Crippen LogP contribution in [-0.4, -0.2) is 35.9 Å². The maximum atomic E-state index is 13.5. The van der Waals surface area contributed by atoms with Crippen molar-refractivity contribution in [3.8, 4) is 10.6 Å². The van der Waals surface area contributed by atoms with Crippen molar-refractivity contribution in [2.75, 3.05) is 31.2 Å². The zero-order chi connectivity index (χ0) is 20.0. The fourth-order valence-corrected chi connectivity index (χ4v) is 5.10. The molecule has 0 saturated carbocycles. The van der Waals surface area contributed by atoms with Gasteiger partial charge in [0.1, 0.15) is 5.01 Å². The molecule has 5 rings (SSSR count). The van der Waals surface area contributed by atoms with Gasteiger partial charge in [0.05, 0.1) is 45.2 Å². The summed E-state index contributed by atoms with van der Waals surface area (Å²) in [6.07, 6.45) is 1.91. The predicted octanol–water partition coefficient (Wildman–Crippen LogP) is 4.79. The van der Waals surface area contributed by atoms with E-state index in [0.29, 0.717) is 29.2 Å². The highest BCUT2D eigenvalue weighted by Crippen LogP contribution is 2.33. The maximum Gasteiger partial charge on any atom is 0.199 e. The summed E-state index contributed by atoms with van der Waals surface area (Å²) in [7, 11) is 0. The van der Waals surface area contributed by atoms with Crippen LogP contribution in [0.15, 0.2) is 47.4 Å². The number of pyridine rings is 1. The van der Waals surface area contributed by atoms with Gasteiger partial charge in [0, 0.05) is 31.2 Å². The Bertz CT molecular complexity index is 1240. The Kier molecular flexibility index (Phi) is 4.78. The molecule has 0 radical (unpaired) electrons. The normalized spacial score (nSPS) is 14.8. The van der Waals surface area contributed by atoms with Crippen molar-refractivity contribution in [1.82, 2.24) is 9.55 Å². The number of benzene rings is 2. The van der Waals surface area contributed by atoms with Crippen molar-refractivity contribution >= 4 is 49.7 Å². The Morgan fingerprint density at radius 1 is 1.21 bits per heavy atom. The van der Waals surface area contributed by atoms with Crippen LogP contribution in [0, 0.1) is 0 Å². The van der Waals surface area contributed by atoms with E-state index in [1.54, 1.807) is 11.3 Å². The number of morpholine rings is 1. The molecule has 7 heteroatoms. The van der Waals surface area contributed by atoms with Gasteiger partial charge in [0.15, 0.2) is 5.43 Å². The van der Waals surface area contributed by atoms with Crippen molar-refractivity contribution in [3.05, 3.63) is 57.8 Å². The number of fused-ring (bicyclic) bond motifs is 2. The van der Waals surface area contributed by atoms with Crippen LogP contribution >= 0.6 is 22.9 Å². The molecule has 1 saturated heterocycles. The number of anilines is 1. The van der Waals surface area contributed by atoms with E-state index in [4.69, 9.17) is 21.3 Å². The molecule has 148 valence electrons. The molecular formula is C22H20ClN3O2S. The number of para-hydroxylation sites is 1. The van der Waals surface area contributed by atoms with Gasteiger partial charge < -0.3 is 14.2 Å². The Hall–Kier alpha value is -2.41. The molecule has 2 aromatic carbocycles. The van der Waals surface area contributed by atoms with Gasteiger partial charge in [0.25, 0.3) is 0 Å². The summed E-state index contributed by atoms with van der Waals surface area (Å²) < 4.78 is 8.61. The summed E-state index contributed by atoms with van der Waals surface area (Å²) in [5.74, 6) is 0. The van der Waals surface area contributed by atoms with Gasteiger partial charge >= 0.3 is 0 Å². The molecule has 4 aromatic rings. The fraction of sp³-hybridized carbons (Fsp3) is 0.273. The van der Waals surface area contributed by atoms with Crippen molar-refractivity contribution in [1.29, 1.82) is 0 Å². The van der Waals surface area contributed by atoms with Crippen molar-refractivity contribution in [2.24, 2.45) is 0 Å². The Balaban J connectivity index is 1.74. The Morgan fingerprint density at radius 3 is 2.76 bits per heavy atom. The first-order valence-corrected chi connectivity index (χ1v) is 10.9. The van der Waals surface area contributed by atoms with E-state index in [1.807, 2.05) is 42.6 Å². The van der Waals surface area contributed by atoms with Crippen molar-refractivity contribution in [2.45, 2.75) is 13.5 Å².